The molecule has 0 bridgehead atoms. The lowest BCUT2D eigenvalue weighted by Gasteiger charge is -2.08. The van der Waals surface area contributed by atoms with Crippen LogP contribution in [-0.2, 0) is 16.0 Å². The zero-order chi connectivity index (χ0) is 25.0. The molecule has 0 atom stereocenters. The third-order valence-corrected chi connectivity index (χ3v) is 4.77. The van der Waals surface area contributed by atoms with Crippen LogP contribution in [0, 0.1) is 0 Å². The highest BCUT2D eigenvalue weighted by atomic mass is 19.4. The van der Waals surface area contributed by atoms with Gasteiger partial charge in [0.25, 0.3) is 0 Å². The van der Waals surface area contributed by atoms with Gasteiger partial charge in [0, 0.05) is 6.54 Å². The van der Waals surface area contributed by atoms with Crippen LogP contribution in [0.2, 0.25) is 0 Å². The fourth-order valence-corrected chi connectivity index (χ4v) is 2.92. The highest BCUT2D eigenvalue weighted by Crippen LogP contribution is 2.15. The first-order chi connectivity index (χ1) is 15.7. The Balaban J connectivity index is 0.00000126. The molecule has 9 heteroatoms. The highest BCUT2D eigenvalue weighted by Gasteiger charge is 2.38. The van der Waals surface area contributed by atoms with Crippen LogP contribution < -0.4 is 10.1 Å². The molecule has 6 nitrogen and oxygen atoms in total. The number of hydrogen-bond donors (Lipinski definition) is 3. The number of aliphatic carboxylic acids is 2. The van der Waals surface area contributed by atoms with Crippen LogP contribution in [0.15, 0.2) is 24.3 Å². The van der Waals surface area contributed by atoms with Crippen LogP contribution in [0.3, 0.4) is 0 Å². The summed E-state index contributed by atoms with van der Waals surface area (Å²) in [5.74, 6) is -2.55. The molecule has 0 aliphatic carbocycles. The minimum Gasteiger partial charge on any atom is -0.494 e. The Morgan fingerprint density at radius 1 is 0.879 bits per heavy atom. The van der Waals surface area contributed by atoms with Gasteiger partial charge in [0.2, 0.25) is 0 Å². The minimum absolute atomic E-state index is 0.185. The normalized spacial score (nSPS) is 10.9. The average Bonchev–Trinajstić information content (AvgIpc) is 2.75. The third-order valence-electron chi connectivity index (χ3n) is 4.77. The van der Waals surface area contributed by atoms with Crippen molar-refractivity contribution in [2.75, 3.05) is 19.7 Å². The van der Waals surface area contributed by atoms with Gasteiger partial charge in [-0.2, -0.15) is 13.2 Å². The molecule has 0 aromatic heterocycles. The summed E-state index contributed by atoms with van der Waals surface area (Å²) in [7, 11) is 0. The van der Waals surface area contributed by atoms with Crippen LogP contribution in [0.1, 0.15) is 76.7 Å². The molecule has 0 fully saturated rings. The van der Waals surface area contributed by atoms with Crippen molar-refractivity contribution < 1.29 is 37.7 Å². The largest absolute Gasteiger partial charge is 0.494 e. The second kappa shape index (κ2) is 19.2. The van der Waals surface area contributed by atoms with E-state index in [1.807, 2.05) is 0 Å². The molecule has 0 saturated heterocycles. The zero-order valence-corrected chi connectivity index (χ0v) is 19.5. The van der Waals surface area contributed by atoms with Crippen molar-refractivity contribution in [3.05, 3.63) is 29.8 Å². The van der Waals surface area contributed by atoms with E-state index in [2.05, 4.69) is 36.5 Å². The number of carbonyl (C=O) groups is 2. The second-order valence-electron chi connectivity index (χ2n) is 7.77. The molecule has 0 amide bonds. The van der Waals surface area contributed by atoms with Gasteiger partial charge in [0.05, 0.1) is 13.0 Å². The van der Waals surface area contributed by atoms with E-state index in [0.717, 1.165) is 38.2 Å². The van der Waals surface area contributed by atoms with E-state index >= 15 is 0 Å². The second-order valence-corrected chi connectivity index (χ2v) is 7.77. The molecular formula is C24H38F3NO5. The lowest BCUT2D eigenvalue weighted by Crippen LogP contribution is -2.21. The zero-order valence-electron chi connectivity index (χ0n) is 19.5. The third kappa shape index (κ3) is 20.1. The van der Waals surface area contributed by atoms with Crippen LogP contribution in [0.5, 0.6) is 5.75 Å². The van der Waals surface area contributed by atoms with Crippen molar-refractivity contribution in [3.63, 3.8) is 0 Å². The standard InChI is InChI=1S/C22H37NO3.C2HF3O2/c1-2-3-4-5-6-7-8-9-19-26-21-14-12-20(13-15-21)11-10-17-23-18-16-22(24)25;3-2(4,5)1(6)7/h12-15,23H,2-11,16-19H2,1H3,(H,24,25);(H,6,7). The van der Waals surface area contributed by atoms with Crippen molar-refractivity contribution in [2.24, 2.45) is 0 Å². The molecule has 0 spiro atoms. The van der Waals surface area contributed by atoms with Crippen molar-refractivity contribution in [3.8, 4) is 5.75 Å². The number of hydrogen-bond acceptors (Lipinski definition) is 4. The molecular weight excluding hydrogens is 439 g/mol. The number of carboxylic acids is 2. The molecule has 0 heterocycles. The summed E-state index contributed by atoms with van der Waals surface area (Å²) in [6.07, 6.45) is 7.66. The van der Waals surface area contributed by atoms with Gasteiger partial charge in [-0.3, -0.25) is 4.79 Å². The quantitative estimate of drug-likeness (QED) is 0.244. The summed E-state index contributed by atoms with van der Waals surface area (Å²) < 4.78 is 37.6. The fraction of sp³-hybridized carbons (Fsp3) is 0.667. The van der Waals surface area contributed by atoms with Crippen molar-refractivity contribution in [2.45, 2.75) is 83.7 Å². The Morgan fingerprint density at radius 2 is 1.42 bits per heavy atom. The topological polar surface area (TPSA) is 95.9 Å². The summed E-state index contributed by atoms with van der Waals surface area (Å²) in [6, 6.07) is 8.36. The van der Waals surface area contributed by atoms with Gasteiger partial charge in [0.1, 0.15) is 5.75 Å². The van der Waals surface area contributed by atoms with E-state index in [9.17, 15) is 18.0 Å². The van der Waals surface area contributed by atoms with Crippen LogP contribution in [-0.4, -0.2) is 48.0 Å². The van der Waals surface area contributed by atoms with E-state index in [0.29, 0.717) is 6.54 Å². The summed E-state index contributed by atoms with van der Waals surface area (Å²) >= 11 is 0. The Morgan fingerprint density at radius 3 is 1.94 bits per heavy atom. The molecule has 3 N–H and O–H groups in total. The first-order valence-corrected chi connectivity index (χ1v) is 11.6. The summed E-state index contributed by atoms with van der Waals surface area (Å²) in [4.78, 5) is 19.3. The first-order valence-electron chi connectivity index (χ1n) is 11.6. The number of benzene rings is 1. The van der Waals surface area contributed by atoms with E-state index in [-0.39, 0.29) is 6.42 Å². The number of aryl methyl sites for hydroxylation is 1. The number of alkyl halides is 3. The maximum Gasteiger partial charge on any atom is 0.490 e. The van der Waals surface area contributed by atoms with E-state index in [1.54, 1.807) is 0 Å². The Hall–Kier alpha value is -2.29. The lowest BCUT2D eigenvalue weighted by molar-refractivity contribution is -0.192. The van der Waals surface area contributed by atoms with Gasteiger partial charge in [-0.25, -0.2) is 4.79 Å². The smallest absolute Gasteiger partial charge is 0.490 e. The molecule has 0 aliphatic rings. The summed E-state index contributed by atoms with van der Waals surface area (Å²) in [5, 5.41) is 18.8. The van der Waals surface area contributed by atoms with Crippen molar-refractivity contribution in [1.82, 2.24) is 5.32 Å². The molecule has 190 valence electrons. The molecule has 0 radical (unpaired) electrons. The predicted octanol–water partition coefficient (Wildman–Crippen LogP) is 5.84. The van der Waals surface area contributed by atoms with Crippen molar-refractivity contribution >= 4 is 11.9 Å². The maximum absolute atomic E-state index is 10.6. The lowest BCUT2D eigenvalue weighted by atomic mass is 10.1. The Bertz CT molecular complexity index is 636. The molecule has 1 rings (SSSR count). The number of ether oxygens (including phenoxy) is 1. The fourth-order valence-electron chi connectivity index (χ4n) is 2.92. The van der Waals surface area contributed by atoms with Gasteiger partial charge < -0.3 is 20.3 Å². The molecule has 0 unspecified atom stereocenters. The molecule has 0 saturated carbocycles. The van der Waals surface area contributed by atoms with E-state index in [1.165, 1.54) is 50.5 Å². The van der Waals surface area contributed by atoms with E-state index in [4.69, 9.17) is 19.7 Å². The SMILES string of the molecule is CCCCCCCCCCOc1ccc(CCCNCCC(=O)O)cc1.O=C(O)C(F)(F)F. The van der Waals surface area contributed by atoms with Gasteiger partial charge in [0.15, 0.2) is 0 Å². The Kier molecular flexibility index (Phi) is 17.9. The first kappa shape index (κ1) is 30.7. The minimum atomic E-state index is -5.08. The van der Waals surface area contributed by atoms with Gasteiger partial charge >= 0.3 is 18.1 Å². The summed E-state index contributed by atoms with van der Waals surface area (Å²) in [5.41, 5.74) is 1.30. The average molecular weight is 478 g/mol. The van der Waals surface area contributed by atoms with Gasteiger partial charge in [-0.15, -0.1) is 0 Å². The van der Waals surface area contributed by atoms with Crippen LogP contribution in [0.4, 0.5) is 13.2 Å². The van der Waals surface area contributed by atoms with Crippen molar-refractivity contribution in [1.29, 1.82) is 0 Å². The maximum atomic E-state index is 10.6. The summed E-state index contributed by atoms with van der Waals surface area (Å²) in [6.45, 7) is 4.46. The number of rotatable bonds is 17. The monoisotopic (exact) mass is 477 g/mol. The molecule has 1 aromatic carbocycles. The number of halogens is 3. The van der Waals surface area contributed by atoms with E-state index < -0.39 is 18.1 Å². The van der Waals surface area contributed by atoms with Gasteiger partial charge in [-0.1, -0.05) is 64.0 Å². The molecule has 0 aliphatic heterocycles. The van der Waals surface area contributed by atoms with Crippen LogP contribution >= 0.6 is 0 Å². The molecule has 33 heavy (non-hydrogen) atoms. The predicted molar refractivity (Wildman–Crippen MR) is 122 cm³/mol. The number of unbranched alkanes of at least 4 members (excludes halogenated alkanes) is 7. The molecule has 1 aromatic rings. The number of nitrogens with one attached hydrogen (secondary N) is 1. The van der Waals surface area contributed by atoms with Crippen LogP contribution in [0.25, 0.3) is 0 Å². The highest BCUT2D eigenvalue weighted by molar-refractivity contribution is 5.73. The Labute approximate surface area is 194 Å². The number of carboxylic acid groups (broad SMARTS) is 2. The van der Waals surface area contributed by atoms with Gasteiger partial charge in [-0.05, 0) is 43.5 Å².